The van der Waals surface area contributed by atoms with Gasteiger partial charge in [-0.2, -0.15) is 0 Å². The number of ether oxygens (including phenoxy) is 1. The first-order chi connectivity index (χ1) is 8.74. The molecule has 0 spiro atoms. The molecular formula is C13H19N3O2. The number of nitrogens with zero attached hydrogens (tertiary/aromatic N) is 2. The predicted molar refractivity (Wildman–Crippen MR) is 68.8 cm³/mol. The van der Waals surface area contributed by atoms with E-state index in [-0.39, 0.29) is 11.9 Å². The maximum absolute atomic E-state index is 12.4. The lowest BCUT2D eigenvalue weighted by Crippen LogP contribution is -2.46. The largest absolute Gasteiger partial charge is 0.480 e. The number of aromatic nitrogens is 1. The summed E-state index contributed by atoms with van der Waals surface area (Å²) in [6.07, 6.45) is 3.77. The van der Waals surface area contributed by atoms with Crippen LogP contribution in [-0.2, 0) is 0 Å². The summed E-state index contributed by atoms with van der Waals surface area (Å²) in [6, 6.07) is 3.75. The first-order valence-corrected chi connectivity index (χ1v) is 6.21. The van der Waals surface area contributed by atoms with Crippen LogP contribution in [0.1, 0.15) is 23.2 Å². The Kier molecular flexibility index (Phi) is 4.15. The normalized spacial score (nSPS) is 19.3. The average molecular weight is 249 g/mol. The molecule has 0 aliphatic carbocycles. The van der Waals surface area contributed by atoms with Gasteiger partial charge in [0, 0.05) is 25.8 Å². The van der Waals surface area contributed by atoms with E-state index in [0.717, 1.165) is 25.9 Å². The van der Waals surface area contributed by atoms with Gasteiger partial charge in [0.05, 0.1) is 7.11 Å². The highest BCUT2D eigenvalue weighted by Crippen LogP contribution is 2.18. The van der Waals surface area contributed by atoms with E-state index in [2.05, 4.69) is 10.3 Å². The van der Waals surface area contributed by atoms with Gasteiger partial charge in [0.2, 0.25) is 5.88 Å². The summed E-state index contributed by atoms with van der Waals surface area (Å²) in [5, 5.41) is 3.31. The van der Waals surface area contributed by atoms with Crippen LogP contribution in [-0.4, -0.2) is 49.1 Å². The van der Waals surface area contributed by atoms with Crippen LogP contribution in [0, 0.1) is 0 Å². The lowest BCUT2D eigenvalue weighted by atomic mass is 10.1. The van der Waals surface area contributed by atoms with Gasteiger partial charge >= 0.3 is 0 Å². The van der Waals surface area contributed by atoms with Crippen molar-refractivity contribution in [2.24, 2.45) is 0 Å². The van der Waals surface area contributed by atoms with Crippen molar-refractivity contribution in [1.82, 2.24) is 15.2 Å². The van der Waals surface area contributed by atoms with Crippen LogP contribution in [0.3, 0.4) is 0 Å². The van der Waals surface area contributed by atoms with E-state index in [1.54, 1.807) is 23.2 Å². The second kappa shape index (κ2) is 5.82. The summed E-state index contributed by atoms with van der Waals surface area (Å²) in [5.41, 5.74) is 0.521. The number of methoxy groups -OCH3 is 1. The van der Waals surface area contributed by atoms with E-state index in [4.69, 9.17) is 4.74 Å². The van der Waals surface area contributed by atoms with Crippen molar-refractivity contribution in [1.29, 1.82) is 0 Å². The van der Waals surface area contributed by atoms with Crippen molar-refractivity contribution >= 4 is 5.91 Å². The molecule has 0 aromatic carbocycles. The van der Waals surface area contributed by atoms with Gasteiger partial charge in [0.25, 0.3) is 5.91 Å². The number of carbonyl (C=O) groups is 1. The maximum atomic E-state index is 12.4. The third-order valence-electron chi connectivity index (χ3n) is 3.33. The minimum absolute atomic E-state index is 0.0337. The van der Waals surface area contributed by atoms with E-state index in [1.165, 1.54) is 7.11 Å². The molecule has 0 radical (unpaired) electrons. The Balaban J connectivity index is 2.14. The molecule has 1 saturated heterocycles. The average Bonchev–Trinajstić information content (AvgIpc) is 2.46. The molecule has 18 heavy (non-hydrogen) atoms. The molecule has 5 nitrogen and oxygen atoms in total. The number of likely N-dealkylation sites (N-methyl/N-ethyl adjacent to an activating group) is 1. The van der Waals surface area contributed by atoms with Crippen LogP contribution < -0.4 is 10.1 Å². The second-order valence-corrected chi connectivity index (χ2v) is 4.48. The lowest BCUT2D eigenvalue weighted by molar-refractivity contribution is 0.0704. The third kappa shape index (κ3) is 2.61. The molecule has 1 unspecified atom stereocenters. The zero-order chi connectivity index (χ0) is 13.0. The van der Waals surface area contributed by atoms with E-state index >= 15 is 0 Å². The molecule has 2 rings (SSSR count). The molecular weight excluding hydrogens is 230 g/mol. The van der Waals surface area contributed by atoms with Crippen molar-refractivity contribution in [3.8, 4) is 5.88 Å². The number of pyridine rings is 1. The highest BCUT2D eigenvalue weighted by atomic mass is 16.5. The number of carbonyl (C=O) groups excluding carboxylic acids is 1. The fourth-order valence-corrected chi connectivity index (χ4v) is 2.24. The van der Waals surface area contributed by atoms with Crippen LogP contribution in [0.15, 0.2) is 18.3 Å². The zero-order valence-corrected chi connectivity index (χ0v) is 10.8. The van der Waals surface area contributed by atoms with Gasteiger partial charge in [-0.25, -0.2) is 4.98 Å². The van der Waals surface area contributed by atoms with Crippen molar-refractivity contribution in [2.45, 2.75) is 18.9 Å². The smallest absolute Gasteiger partial charge is 0.259 e. The standard InChI is InChI=1S/C13H19N3O2/c1-16(10-5-3-7-14-9-10)13(17)11-6-4-8-15-12(11)18-2/h4,6,8,10,14H,3,5,7,9H2,1-2H3. The molecule has 1 atom stereocenters. The number of hydrogen-bond acceptors (Lipinski definition) is 4. The molecule has 0 bridgehead atoms. The van der Waals surface area contributed by atoms with Crippen LogP contribution in [0.25, 0.3) is 0 Å². The number of rotatable bonds is 3. The lowest BCUT2D eigenvalue weighted by Gasteiger charge is -2.31. The minimum Gasteiger partial charge on any atom is -0.480 e. The molecule has 1 aliphatic rings. The zero-order valence-electron chi connectivity index (χ0n) is 10.8. The Morgan fingerprint density at radius 2 is 2.44 bits per heavy atom. The number of nitrogens with one attached hydrogen (secondary N) is 1. The highest BCUT2D eigenvalue weighted by Gasteiger charge is 2.24. The Hall–Kier alpha value is -1.62. The first-order valence-electron chi connectivity index (χ1n) is 6.21. The van der Waals surface area contributed by atoms with Gasteiger partial charge in [0.15, 0.2) is 0 Å². The van der Waals surface area contributed by atoms with Crippen molar-refractivity contribution in [2.75, 3.05) is 27.2 Å². The topological polar surface area (TPSA) is 54.5 Å². The van der Waals surface area contributed by atoms with Gasteiger partial charge < -0.3 is 15.0 Å². The van der Waals surface area contributed by atoms with Crippen molar-refractivity contribution in [3.05, 3.63) is 23.9 Å². The molecule has 5 heteroatoms. The Morgan fingerprint density at radius 1 is 1.61 bits per heavy atom. The molecule has 98 valence electrons. The molecule has 1 fully saturated rings. The number of amides is 1. The summed E-state index contributed by atoms with van der Waals surface area (Å²) < 4.78 is 5.13. The fourth-order valence-electron chi connectivity index (χ4n) is 2.24. The summed E-state index contributed by atoms with van der Waals surface area (Å²) in [7, 11) is 3.37. The van der Waals surface area contributed by atoms with Gasteiger partial charge in [-0.3, -0.25) is 4.79 Å². The molecule has 0 saturated carbocycles. The summed E-state index contributed by atoms with van der Waals surface area (Å²) >= 11 is 0. The molecule has 2 heterocycles. The predicted octanol–water partition coefficient (Wildman–Crippen LogP) is 0.914. The van der Waals surface area contributed by atoms with Crippen LogP contribution >= 0.6 is 0 Å². The molecule has 1 aromatic heterocycles. The minimum atomic E-state index is -0.0337. The highest BCUT2D eigenvalue weighted by molar-refractivity contribution is 5.96. The summed E-state index contributed by atoms with van der Waals surface area (Å²) in [6.45, 7) is 1.89. The van der Waals surface area contributed by atoms with Gasteiger partial charge in [0.1, 0.15) is 5.56 Å². The number of piperidine rings is 1. The maximum Gasteiger partial charge on any atom is 0.259 e. The molecule has 1 aliphatic heterocycles. The van der Waals surface area contributed by atoms with Crippen molar-refractivity contribution in [3.63, 3.8) is 0 Å². The van der Waals surface area contributed by atoms with Crippen LogP contribution in [0.2, 0.25) is 0 Å². The van der Waals surface area contributed by atoms with Gasteiger partial charge in [-0.15, -0.1) is 0 Å². The Labute approximate surface area is 107 Å². The quantitative estimate of drug-likeness (QED) is 0.865. The molecule has 1 aromatic rings. The van der Waals surface area contributed by atoms with E-state index < -0.39 is 0 Å². The fraction of sp³-hybridized carbons (Fsp3) is 0.538. The van der Waals surface area contributed by atoms with Crippen molar-refractivity contribution < 1.29 is 9.53 Å². The van der Waals surface area contributed by atoms with E-state index in [0.29, 0.717) is 11.4 Å². The molecule has 1 amide bonds. The first kappa shape index (κ1) is 12.8. The Morgan fingerprint density at radius 3 is 3.11 bits per heavy atom. The number of hydrogen-bond donors (Lipinski definition) is 1. The monoisotopic (exact) mass is 249 g/mol. The van der Waals surface area contributed by atoms with E-state index in [1.807, 2.05) is 7.05 Å². The second-order valence-electron chi connectivity index (χ2n) is 4.48. The summed E-state index contributed by atoms with van der Waals surface area (Å²) in [5.74, 6) is 0.353. The van der Waals surface area contributed by atoms with Gasteiger partial charge in [-0.05, 0) is 31.5 Å². The SMILES string of the molecule is COc1ncccc1C(=O)N(C)C1CCCNC1. The van der Waals surface area contributed by atoms with Gasteiger partial charge in [-0.1, -0.05) is 0 Å². The third-order valence-corrected chi connectivity index (χ3v) is 3.33. The van der Waals surface area contributed by atoms with Crippen LogP contribution in [0.5, 0.6) is 5.88 Å². The summed E-state index contributed by atoms with van der Waals surface area (Å²) in [4.78, 5) is 18.2. The van der Waals surface area contributed by atoms with Crippen LogP contribution in [0.4, 0.5) is 0 Å². The Bertz CT molecular complexity index is 416. The van der Waals surface area contributed by atoms with E-state index in [9.17, 15) is 4.79 Å². The molecule has 1 N–H and O–H groups in total.